The van der Waals surface area contributed by atoms with Crippen molar-refractivity contribution in [1.29, 1.82) is 5.26 Å². The van der Waals surface area contributed by atoms with Gasteiger partial charge in [0.05, 0.1) is 29.5 Å². The summed E-state index contributed by atoms with van der Waals surface area (Å²) in [6, 6.07) is 18.2. The zero-order valence-electron chi connectivity index (χ0n) is 22.0. The van der Waals surface area contributed by atoms with Gasteiger partial charge in [-0.15, -0.1) is 0 Å². The number of aryl methyl sites for hydroxylation is 1. The van der Waals surface area contributed by atoms with Gasteiger partial charge < -0.3 is 25.2 Å². The molecule has 2 heterocycles. The number of hydrogen-bond donors (Lipinski definition) is 2. The normalized spacial score (nSPS) is 17.3. The van der Waals surface area contributed by atoms with Gasteiger partial charge in [-0.3, -0.25) is 4.98 Å². The molecule has 1 aliphatic rings. The van der Waals surface area contributed by atoms with Crippen LogP contribution in [0.2, 0.25) is 0 Å². The first-order valence-corrected chi connectivity index (χ1v) is 12.9. The van der Waals surface area contributed by atoms with Crippen molar-refractivity contribution in [3.63, 3.8) is 0 Å². The predicted octanol–water partition coefficient (Wildman–Crippen LogP) is 4.81. The number of benzene rings is 3. The third-order valence-corrected chi connectivity index (χ3v) is 7.12. The number of hydrogen-bond acceptors (Lipinski definition) is 7. The van der Waals surface area contributed by atoms with E-state index in [0.29, 0.717) is 49.6 Å². The molecule has 0 unspecified atom stereocenters. The smallest absolute Gasteiger partial charge is 0.144 e. The van der Waals surface area contributed by atoms with Gasteiger partial charge in [-0.2, -0.15) is 5.26 Å². The summed E-state index contributed by atoms with van der Waals surface area (Å²) in [4.78, 5) is 6.83. The molecule has 5 rings (SSSR count). The standard InChI is InChI=1S/C31H31FN4O3/c1-19-12-22(14-23(32)13-19)26-17-35-28-7-6-20(15-25(28)30(26)36-9-8-27(34)29(37)18-36)24-5-3-4-21(16-33)31(24)39-11-10-38-2/h3-7,12-15,17,27,29,37H,8-11,18,34H2,1-2H3/t27-,29+/m0/s1. The van der Waals surface area contributed by atoms with E-state index < -0.39 is 6.10 Å². The van der Waals surface area contributed by atoms with Gasteiger partial charge in [0.2, 0.25) is 0 Å². The minimum atomic E-state index is -0.694. The van der Waals surface area contributed by atoms with Gasteiger partial charge in [0.1, 0.15) is 24.2 Å². The highest BCUT2D eigenvalue weighted by Gasteiger charge is 2.28. The number of nitrogens with zero attached hydrogens (tertiary/aromatic N) is 3. The molecule has 2 atom stereocenters. The summed E-state index contributed by atoms with van der Waals surface area (Å²) in [7, 11) is 1.60. The number of ether oxygens (including phenoxy) is 2. The maximum Gasteiger partial charge on any atom is 0.144 e. The molecule has 1 fully saturated rings. The summed E-state index contributed by atoms with van der Waals surface area (Å²) < 4.78 is 25.6. The van der Waals surface area contributed by atoms with Gasteiger partial charge in [-0.1, -0.05) is 24.3 Å². The number of rotatable bonds is 7. The van der Waals surface area contributed by atoms with Gasteiger partial charge in [0.25, 0.3) is 0 Å². The lowest BCUT2D eigenvalue weighted by molar-refractivity contribution is 0.132. The van der Waals surface area contributed by atoms with Crippen molar-refractivity contribution in [3.05, 3.63) is 77.7 Å². The number of nitrogens with two attached hydrogens (primary N) is 1. The van der Waals surface area contributed by atoms with E-state index >= 15 is 0 Å². The average molecular weight is 527 g/mol. The van der Waals surface area contributed by atoms with E-state index in [1.165, 1.54) is 12.1 Å². The lowest BCUT2D eigenvalue weighted by Gasteiger charge is -2.37. The molecule has 4 aromatic rings. The van der Waals surface area contributed by atoms with Gasteiger partial charge in [-0.25, -0.2) is 4.39 Å². The van der Waals surface area contributed by atoms with Crippen LogP contribution in [-0.4, -0.2) is 55.6 Å². The number of nitriles is 1. The number of methoxy groups -OCH3 is 1. The zero-order valence-corrected chi connectivity index (χ0v) is 22.0. The topological polar surface area (TPSA) is 105 Å². The third kappa shape index (κ3) is 5.43. The van der Waals surface area contributed by atoms with Gasteiger partial charge in [0, 0.05) is 49.0 Å². The molecule has 0 aliphatic carbocycles. The predicted molar refractivity (Wildman–Crippen MR) is 150 cm³/mol. The van der Waals surface area contributed by atoms with Crippen LogP contribution in [0.5, 0.6) is 5.75 Å². The van der Waals surface area contributed by atoms with Crippen molar-refractivity contribution >= 4 is 16.6 Å². The van der Waals surface area contributed by atoms with Crippen LogP contribution in [0, 0.1) is 24.1 Å². The first-order chi connectivity index (χ1) is 18.9. The Hall–Kier alpha value is -4.03. The van der Waals surface area contributed by atoms with Crippen molar-refractivity contribution in [2.24, 2.45) is 5.73 Å². The molecule has 3 aromatic carbocycles. The molecule has 8 heteroatoms. The minimum Gasteiger partial charge on any atom is -0.489 e. The highest BCUT2D eigenvalue weighted by molar-refractivity contribution is 6.02. The summed E-state index contributed by atoms with van der Waals surface area (Å²) in [5.74, 6) is 0.166. The fourth-order valence-corrected chi connectivity index (χ4v) is 5.18. The van der Waals surface area contributed by atoms with Crippen molar-refractivity contribution in [2.45, 2.75) is 25.5 Å². The summed E-state index contributed by atoms with van der Waals surface area (Å²) in [5.41, 5.74) is 12.1. The Morgan fingerprint density at radius 3 is 2.72 bits per heavy atom. The number of β-amino-alcohol motifs (C(OH)–C–C–N with tert-alkyl or cyclic N) is 1. The van der Waals surface area contributed by atoms with Crippen LogP contribution < -0.4 is 15.4 Å². The molecule has 1 saturated heterocycles. The van der Waals surface area contributed by atoms with E-state index in [9.17, 15) is 14.8 Å². The molecule has 1 aromatic heterocycles. The molecule has 0 amide bonds. The van der Waals surface area contributed by atoms with Gasteiger partial charge in [-0.05, 0) is 60.4 Å². The second-order valence-electron chi connectivity index (χ2n) is 9.87. The van der Waals surface area contributed by atoms with Crippen molar-refractivity contribution < 1.29 is 19.0 Å². The Balaban J connectivity index is 1.72. The fraction of sp³-hybridized carbons (Fsp3) is 0.290. The van der Waals surface area contributed by atoms with Crippen molar-refractivity contribution in [3.8, 4) is 34.1 Å². The summed E-state index contributed by atoms with van der Waals surface area (Å²) in [6.45, 7) is 3.54. The average Bonchev–Trinajstić information content (AvgIpc) is 2.93. The van der Waals surface area contributed by atoms with Crippen LogP contribution in [0.25, 0.3) is 33.2 Å². The quantitative estimate of drug-likeness (QED) is 0.333. The minimum absolute atomic E-state index is 0.301. The molecular formula is C31H31FN4O3. The molecule has 0 bridgehead atoms. The Bertz CT molecular complexity index is 1530. The molecule has 3 N–H and O–H groups in total. The Morgan fingerprint density at radius 2 is 1.97 bits per heavy atom. The van der Waals surface area contributed by atoms with Gasteiger partial charge >= 0.3 is 0 Å². The number of pyridine rings is 1. The maximum absolute atomic E-state index is 14.5. The lowest BCUT2D eigenvalue weighted by atomic mass is 9.94. The fourth-order valence-electron chi connectivity index (χ4n) is 5.18. The van der Waals surface area contributed by atoms with Crippen LogP contribution in [0.1, 0.15) is 17.5 Å². The van der Waals surface area contributed by atoms with Crippen LogP contribution in [-0.2, 0) is 4.74 Å². The molecule has 7 nitrogen and oxygen atoms in total. The SMILES string of the molecule is COCCOc1c(C#N)cccc1-c1ccc2ncc(-c3cc(C)cc(F)c3)c(N3CC[C@H](N)[C@H](O)C3)c2c1. The van der Waals surface area contributed by atoms with Crippen molar-refractivity contribution in [1.82, 2.24) is 4.98 Å². The highest BCUT2D eigenvalue weighted by atomic mass is 19.1. The molecule has 1 aliphatic heterocycles. The number of aliphatic hydroxyl groups excluding tert-OH is 1. The van der Waals surface area contributed by atoms with Crippen LogP contribution in [0.3, 0.4) is 0 Å². The number of piperidine rings is 1. The first-order valence-electron chi connectivity index (χ1n) is 12.9. The number of anilines is 1. The largest absolute Gasteiger partial charge is 0.489 e. The van der Waals surface area contributed by atoms with E-state index in [0.717, 1.165) is 38.8 Å². The van der Waals surface area contributed by atoms with Crippen molar-refractivity contribution in [2.75, 3.05) is 38.3 Å². The van der Waals surface area contributed by atoms with Crippen LogP contribution in [0.15, 0.2) is 60.8 Å². The summed E-state index contributed by atoms with van der Waals surface area (Å²) in [5, 5.41) is 21.3. The van der Waals surface area contributed by atoms with Crippen LogP contribution in [0.4, 0.5) is 10.1 Å². The number of aliphatic hydroxyl groups is 1. The maximum atomic E-state index is 14.5. The van der Waals surface area contributed by atoms with Gasteiger partial charge in [0.15, 0.2) is 0 Å². The first kappa shape index (κ1) is 26.6. The Kier molecular flexibility index (Phi) is 7.75. The molecule has 200 valence electrons. The molecule has 0 radical (unpaired) electrons. The van der Waals surface area contributed by atoms with E-state index in [1.807, 2.05) is 43.3 Å². The van der Waals surface area contributed by atoms with Crippen LogP contribution >= 0.6 is 0 Å². The number of halogens is 1. The summed E-state index contributed by atoms with van der Waals surface area (Å²) >= 11 is 0. The molecule has 0 saturated carbocycles. The second-order valence-corrected chi connectivity index (χ2v) is 9.87. The molecular weight excluding hydrogens is 495 g/mol. The number of para-hydroxylation sites is 1. The zero-order chi connectivity index (χ0) is 27.5. The Morgan fingerprint density at radius 1 is 1.13 bits per heavy atom. The number of fused-ring (bicyclic) bond motifs is 1. The second kappa shape index (κ2) is 11.4. The summed E-state index contributed by atoms with van der Waals surface area (Å²) in [6.07, 6.45) is 1.69. The van der Waals surface area contributed by atoms with E-state index in [1.54, 1.807) is 19.4 Å². The molecule has 0 spiro atoms. The Labute approximate surface area is 227 Å². The molecule has 39 heavy (non-hydrogen) atoms. The monoisotopic (exact) mass is 526 g/mol. The highest BCUT2D eigenvalue weighted by Crippen LogP contribution is 2.41. The van der Waals surface area contributed by atoms with E-state index in [-0.39, 0.29) is 11.9 Å². The van der Waals surface area contributed by atoms with E-state index in [4.69, 9.17) is 20.2 Å². The third-order valence-electron chi connectivity index (χ3n) is 7.12. The van der Waals surface area contributed by atoms with E-state index in [2.05, 4.69) is 11.0 Å². The number of aromatic nitrogens is 1. The lowest BCUT2D eigenvalue weighted by Crippen LogP contribution is -2.50.